The number of hydrogen-bond donors (Lipinski definition) is 1. The van der Waals surface area contributed by atoms with Crippen LogP contribution in [0.1, 0.15) is 16.7 Å². The van der Waals surface area contributed by atoms with Gasteiger partial charge < -0.3 is 5.32 Å². The SMILES string of the molecule is Cc1cccc([N+](=O)[O-])c1NC(=O)CN1CCc2ccccc2C1. The zero-order chi connectivity index (χ0) is 17.1. The number of nitro benzene ring substituents is 1. The lowest BCUT2D eigenvalue weighted by atomic mass is 10.00. The highest BCUT2D eigenvalue weighted by Gasteiger charge is 2.21. The predicted molar refractivity (Wildman–Crippen MR) is 91.9 cm³/mol. The van der Waals surface area contributed by atoms with Crippen molar-refractivity contribution in [3.05, 3.63) is 69.3 Å². The molecule has 2 aromatic rings. The molecule has 0 radical (unpaired) electrons. The maximum absolute atomic E-state index is 12.3. The molecule has 1 aliphatic rings. The van der Waals surface area contributed by atoms with Gasteiger partial charge in [-0.3, -0.25) is 19.8 Å². The Morgan fingerprint density at radius 1 is 1.21 bits per heavy atom. The van der Waals surface area contributed by atoms with Crippen LogP contribution in [0.3, 0.4) is 0 Å². The largest absolute Gasteiger partial charge is 0.319 e. The van der Waals surface area contributed by atoms with E-state index in [1.54, 1.807) is 19.1 Å². The van der Waals surface area contributed by atoms with E-state index in [9.17, 15) is 14.9 Å². The van der Waals surface area contributed by atoms with Crippen LogP contribution in [-0.4, -0.2) is 28.8 Å². The Kier molecular flexibility index (Phi) is 4.57. The lowest BCUT2D eigenvalue weighted by molar-refractivity contribution is -0.384. The van der Waals surface area contributed by atoms with Crippen molar-refractivity contribution in [3.63, 3.8) is 0 Å². The van der Waals surface area contributed by atoms with Crippen molar-refractivity contribution in [1.29, 1.82) is 0 Å². The van der Waals surface area contributed by atoms with Gasteiger partial charge in [0.05, 0.1) is 11.5 Å². The van der Waals surface area contributed by atoms with Gasteiger partial charge in [0.1, 0.15) is 5.69 Å². The number of anilines is 1. The van der Waals surface area contributed by atoms with E-state index in [0.717, 1.165) is 19.5 Å². The Hall–Kier alpha value is -2.73. The van der Waals surface area contributed by atoms with Crippen molar-refractivity contribution in [3.8, 4) is 0 Å². The first-order valence-electron chi connectivity index (χ1n) is 7.87. The predicted octanol–water partition coefficient (Wildman–Crippen LogP) is 2.90. The molecule has 0 bridgehead atoms. The molecule has 0 spiro atoms. The van der Waals surface area contributed by atoms with Crippen LogP contribution in [0.25, 0.3) is 0 Å². The smallest absolute Gasteiger partial charge is 0.293 e. The molecule has 2 aromatic carbocycles. The summed E-state index contributed by atoms with van der Waals surface area (Å²) in [6, 6.07) is 13.0. The minimum atomic E-state index is -0.472. The summed E-state index contributed by atoms with van der Waals surface area (Å²) >= 11 is 0. The molecule has 0 aromatic heterocycles. The van der Waals surface area contributed by atoms with Crippen LogP contribution in [0, 0.1) is 17.0 Å². The Labute approximate surface area is 140 Å². The fourth-order valence-electron chi connectivity index (χ4n) is 3.04. The molecule has 0 fully saturated rings. The number of rotatable bonds is 4. The van der Waals surface area contributed by atoms with Gasteiger partial charge in [0.25, 0.3) is 5.69 Å². The molecule has 124 valence electrons. The molecule has 1 amide bonds. The number of hydrogen-bond acceptors (Lipinski definition) is 4. The van der Waals surface area contributed by atoms with E-state index in [0.29, 0.717) is 5.56 Å². The van der Waals surface area contributed by atoms with Crippen molar-refractivity contribution in [2.24, 2.45) is 0 Å². The van der Waals surface area contributed by atoms with Gasteiger partial charge in [0.2, 0.25) is 5.91 Å². The summed E-state index contributed by atoms with van der Waals surface area (Å²) in [7, 11) is 0. The van der Waals surface area contributed by atoms with Crippen molar-refractivity contribution < 1.29 is 9.72 Å². The lowest BCUT2D eigenvalue weighted by Gasteiger charge is -2.28. The number of amides is 1. The molecule has 1 N–H and O–H groups in total. The van der Waals surface area contributed by atoms with E-state index in [4.69, 9.17) is 0 Å². The quantitative estimate of drug-likeness (QED) is 0.693. The van der Waals surface area contributed by atoms with E-state index in [2.05, 4.69) is 22.3 Å². The summed E-state index contributed by atoms with van der Waals surface area (Å²) < 4.78 is 0. The maximum atomic E-state index is 12.3. The van der Waals surface area contributed by atoms with E-state index >= 15 is 0 Å². The highest BCUT2D eigenvalue weighted by atomic mass is 16.6. The van der Waals surface area contributed by atoms with Crippen molar-refractivity contribution in [2.75, 3.05) is 18.4 Å². The summed E-state index contributed by atoms with van der Waals surface area (Å²) in [5.41, 5.74) is 3.45. The summed E-state index contributed by atoms with van der Waals surface area (Å²) in [5.74, 6) is -0.230. The number of para-hydroxylation sites is 1. The molecular formula is C18H19N3O3. The molecule has 0 saturated heterocycles. The van der Waals surface area contributed by atoms with E-state index in [1.807, 2.05) is 12.1 Å². The van der Waals surface area contributed by atoms with Crippen LogP contribution in [0.5, 0.6) is 0 Å². The fourth-order valence-corrected chi connectivity index (χ4v) is 3.04. The van der Waals surface area contributed by atoms with Crippen LogP contribution in [0.4, 0.5) is 11.4 Å². The van der Waals surface area contributed by atoms with Gasteiger partial charge >= 0.3 is 0 Å². The molecule has 6 heteroatoms. The van der Waals surface area contributed by atoms with Gasteiger partial charge in [-0.05, 0) is 30.0 Å². The van der Waals surface area contributed by atoms with Gasteiger partial charge in [0.15, 0.2) is 0 Å². The van der Waals surface area contributed by atoms with Crippen molar-refractivity contribution >= 4 is 17.3 Å². The molecular weight excluding hydrogens is 306 g/mol. The lowest BCUT2D eigenvalue weighted by Crippen LogP contribution is -2.37. The minimum Gasteiger partial charge on any atom is -0.319 e. The van der Waals surface area contributed by atoms with E-state index < -0.39 is 4.92 Å². The minimum absolute atomic E-state index is 0.0765. The molecule has 3 rings (SSSR count). The standard InChI is InChI=1S/C18H19N3O3/c1-13-5-4-8-16(21(23)24)18(13)19-17(22)12-20-10-9-14-6-2-3-7-15(14)11-20/h2-8H,9-12H2,1H3,(H,19,22). The van der Waals surface area contributed by atoms with Crippen LogP contribution >= 0.6 is 0 Å². The Morgan fingerprint density at radius 3 is 2.71 bits per heavy atom. The molecule has 0 atom stereocenters. The van der Waals surface area contributed by atoms with Gasteiger partial charge in [-0.2, -0.15) is 0 Å². The summed E-state index contributed by atoms with van der Waals surface area (Å²) in [6.07, 6.45) is 0.911. The molecule has 0 saturated carbocycles. The van der Waals surface area contributed by atoms with E-state index in [1.165, 1.54) is 17.2 Å². The highest BCUT2D eigenvalue weighted by molar-refractivity contribution is 5.95. The summed E-state index contributed by atoms with van der Waals surface area (Å²) in [6.45, 7) is 3.50. The second kappa shape index (κ2) is 6.80. The van der Waals surface area contributed by atoms with Crippen LogP contribution < -0.4 is 5.32 Å². The third-order valence-corrected chi connectivity index (χ3v) is 4.29. The summed E-state index contributed by atoms with van der Waals surface area (Å²) in [4.78, 5) is 25.1. The topological polar surface area (TPSA) is 75.5 Å². The monoisotopic (exact) mass is 325 g/mol. The first-order chi connectivity index (χ1) is 11.5. The number of benzene rings is 2. The van der Waals surface area contributed by atoms with Crippen LogP contribution in [0.2, 0.25) is 0 Å². The van der Waals surface area contributed by atoms with Crippen molar-refractivity contribution in [2.45, 2.75) is 19.9 Å². The number of aryl methyl sites for hydroxylation is 1. The fraction of sp³-hybridized carbons (Fsp3) is 0.278. The molecule has 0 unspecified atom stereocenters. The van der Waals surface area contributed by atoms with Crippen LogP contribution in [-0.2, 0) is 17.8 Å². The molecule has 24 heavy (non-hydrogen) atoms. The maximum Gasteiger partial charge on any atom is 0.293 e. The Balaban J connectivity index is 1.68. The molecule has 1 aliphatic heterocycles. The van der Waals surface area contributed by atoms with Crippen LogP contribution in [0.15, 0.2) is 42.5 Å². The first-order valence-corrected chi connectivity index (χ1v) is 7.87. The molecule has 0 aliphatic carbocycles. The highest BCUT2D eigenvalue weighted by Crippen LogP contribution is 2.27. The number of fused-ring (bicyclic) bond motifs is 1. The average Bonchev–Trinajstić information content (AvgIpc) is 2.56. The second-order valence-corrected chi connectivity index (χ2v) is 6.00. The number of carbonyl (C=O) groups excluding carboxylic acids is 1. The normalized spacial score (nSPS) is 14.0. The number of nitrogens with zero attached hydrogens (tertiary/aromatic N) is 2. The summed E-state index contributed by atoms with van der Waals surface area (Å²) in [5, 5.41) is 13.8. The average molecular weight is 325 g/mol. The number of nitro groups is 1. The van der Waals surface area contributed by atoms with Gasteiger partial charge in [-0.25, -0.2) is 0 Å². The second-order valence-electron chi connectivity index (χ2n) is 6.00. The Morgan fingerprint density at radius 2 is 1.96 bits per heavy atom. The van der Waals surface area contributed by atoms with Gasteiger partial charge in [0, 0.05) is 19.2 Å². The third kappa shape index (κ3) is 3.44. The number of nitrogens with one attached hydrogen (secondary N) is 1. The van der Waals surface area contributed by atoms with E-state index in [-0.39, 0.29) is 23.8 Å². The van der Waals surface area contributed by atoms with Crippen molar-refractivity contribution in [1.82, 2.24) is 4.90 Å². The first kappa shape index (κ1) is 16.1. The Bertz CT molecular complexity index is 789. The zero-order valence-electron chi connectivity index (χ0n) is 13.5. The third-order valence-electron chi connectivity index (χ3n) is 4.29. The number of carbonyl (C=O) groups is 1. The zero-order valence-corrected chi connectivity index (χ0v) is 13.5. The molecule has 6 nitrogen and oxygen atoms in total. The van der Waals surface area contributed by atoms with Gasteiger partial charge in [-0.1, -0.05) is 36.4 Å². The van der Waals surface area contributed by atoms with Gasteiger partial charge in [-0.15, -0.1) is 0 Å². The molecule has 1 heterocycles.